The van der Waals surface area contributed by atoms with E-state index in [1.807, 2.05) is 54.6 Å². The van der Waals surface area contributed by atoms with Crippen LogP contribution in [0.25, 0.3) is 11.0 Å². The van der Waals surface area contributed by atoms with E-state index in [0.29, 0.717) is 37.4 Å². The number of alkyl halides is 6. The molecule has 2 unspecified atom stereocenters. The zero-order chi connectivity index (χ0) is 35.8. The molecule has 0 radical (unpaired) electrons. The van der Waals surface area contributed by atoms with Crippen LogP contribution in [0.4, 0.5) is 26.3 Å². The number of aromatic nitrogens is 2. The van der Waals surface area contributed by atoms with Crippen molar-refractivity contribution in [3.05, 3.63) is 101 Å². The third-order valence-corrected chi connectivity index (χ3v) is 10.8. The van der Waals surface area contributed by atoms with Gasteiger partial charge in [0.25, 0.3) is 5.91 Å². The van der Waals surface area contributed by atoms with Crippen molar-refractivity contribution in [1.29, 1.82) is 0 Å². The molecule has 2 atom stereocenters. The number of imidazole rings is 1. The molecule has 0 spiro atoms. The maximum atomic E-state index is 13.8. The minimum absolute atomic E-state index is 0.0654. The number of aromatic amines is 1. The second-order valence-electron chi connectivity index (χ2n) is 14.1. The number of nitrogens with one attached hydrogen (secondary N) is 1. The molecule has 1 N–H and O–H groups in total. The Bertz CT molecular complexity index is 1730. The van der Waals surface area contributed by atoms with E-state index >= 15 is 0 Å². The van der Waals surface area contributed by atoms with Gasteiger partial charge in [-0.1, -0.05) is 42.5 Å². The highest BCUT2D eigenvalue weighted by molar-refractivity contribution is 5.95. The first kappa shape index (κ1) is 35.5. The molecule has 3 aromatic carbocycles. The zero-order valence-electron chi connectivity index (χ0n) is 28.3. The summed E-state index contributed by atoms with van der Waals surface area (Å²) in [7, 11) is 0. The van der Waals surface area contributed by atoms with Crippen molar-refractivity contribution < 1.29 is 31.1 Å². The summed E-state index contributed by atoms with van der Waals surface area (Å²) in [5.41, 5.74) is -0.559. The van der Waals surface area contributed by atoms with Gasteiger partial charge in [-0.05, 0) is 68.0 Å². The Labute approximate surface area is 293 Å². The Morgan fingerprint density at radius 2 is 1.31 bits per heavy atom. The summed E-state index contributed by atoms with van der Waals surface area (Å²) in [4.78, 5) is 30.9. The molecular weight excluding hydrogens is 670 g/mol. The number of likely N-dealkylation sites (tertiary alicyclic amines) is 2. The predicted molar refractivity (Wildman–Crippen MR) is 182 cm³/mol. The van der Waals surface area contributed by atoms with Crippen molar-refractivity contribution in [3.8, 4) is 0 Å². The molecule has 4 aromatic rings. The van der Waals surface area contributed by atoms with Crippen LogP contribution in [0.3, 0.4) is 0 Å². The van der Waals surface area contributed by atoms with E-state index in [0.717, 1.165) is 81.1 Å². The van der Waals surface area contributed by atoms with E-state index in [2.05, 4.69) is 19.7 Å². The van der Waals surface area contributed by atoms with Crippen LogP contribution in [-0.4, -0.2) is 99.4 Å². The molecule has 0 bridgehead atoms. The summed E-state index contributed by atoms with van der Waals surface area (Å²) < 4.78 is 81.8. The first-order valence-corrected chi connectivity index (χ1v) is 17.7. The van der Waals surface area contributed by atoms with Crippen LogP contribution in [0.5, 0.6) is 0 Å². The van der Waals surface area contributed by atoms with Crippen LogP contribution in [0.2, 0.25) is 0 Å². The average Bonchev–Trinajstić information content (AvgIpc) is 3.54. The highest BCUT2D eigenvalue weighted by Crippen LogP contribution is 2.37. The van der Waals surface area contributed by atoms with E-state index in [9.17, 15) is 31.1 Å². The molecule has 0 aliphatic carbocycles. The fourth-order valence-corrected chi connectivity index (χ4v) is 8.16. The smallest absolute Gasteiger partial charge is 0.341 e. The number of halogens is 6. The Kier molecular flexibility index (Phi) is 10.1. The SMILES string of the molecule is O=C(c1cc(C(F)(F)F)cc(C(F)(F)F)c1)N1CCC(N2CCN(C3CCN(Cc4nc5ccccc5[nH]4)CC3)CC2)CC1Cc1ccccc1. The fourth-order valence-electron chi connectivity index (χ4n) is 8.16. The summed E-state index contributed by atoms with van der Waals surface area (Å²) >= 11 is 0. The van der Waals surface area contributed by atoms with Gasteiger partial charge in [0.1, 0.15) is 5.82 Å². The largest absolute Gasteiger partial charge is 0.416 e. The topological polar surface area (TPSA) is 58.7 Å². The highest BCUT2D eigenvalue weighted by atomic mass is 19.4. The summed E-state index contributed by atoms with van der Waals surface area (Å²) in [6, 6.07) is 19.0. The molecule has 1 amide bonds. The number of nitrogens with zero attached hydrogens (tertiary/aromatic N) is 5. The second kappa shape index (κ2) is 14.6. The van der Waals surface area contributed by atoms with E-state index in [1.165, 1.54) is 4.90 Å². The molecule has 0 saturated carbocycles. The molecule has 3 saturated heterocycles. The van der Waals surface area contributed by atoms with Gasteiger partial charge in [-0.3, -0.25) is 19.5 Å². The zero-order valence-corrected chi connectivity index (χ0v) is 28.3. The number of hydrogen-bond acceptors (Lipinski definition) is 5. The molecule has 1 aromatic heterocycles. The molecule has 3 aliphatic rings. The van der Waals surface area contributed by atoms with Crippen molar-refractivity contribution >= 4 is 16.9 Å². The van der Waals surface area contributed by atoms with Gasteiger partial charge in [-0.15, -0.1) is 0 Å². The number of rotatable bonds is 7. The van der Waals surface area contributed by atoms with Crippen LogP contribution in [0, 0.1) is 0 Å². The average molecular weight is 713 g/mol. The van der Waals surface area contributed by atoms with E-state index in [-0.39, 0.29) is 24.7 Å². The van der Waals surface area contributed by atoms with Crippen LogP contribution >= 0.6 is 0 Å². The van der Waals surface area contributed by atoms with Gasteiger partial charge >= 0.3 is 12.4 Å². The fraction of sp³-hybridized carbons (Fsp3) is 0.474. The lowest BCUT2D eigenvalue weighted by Crippen LogP contribution is -2.58. The molecule has 7 nitrogen and oxygen atoms in total. The van der Waals surface area contributed by atoms with Crippen molar-refractivity contribution in [3.63, 3.8) is 0 Å². The first-order chi connectivity index (χ1) is 24.4. The third kappa shape index (κ3) is 8.26. The summed E-state index contributed by atoms with van der Waals surface area (Å²) in [6.45, 7) is 6.68. The second-order valence-corrected chi connectivity index (χ2v) is 14.1. The Hall–Kier alpha value is -3.94. The standard InChI is InChI=1S/C38H42F6N6O/c39-37(40,41)28-21-27(22-29(23-28)38(42,43)44)36(51)50-15-12-31(24-32(50)20-26-6-2-1-3-7-26)49-18-16-48(17-19-49)30-10-13-47(14-11-30)25-35-45-33-8-4-5-9-34(33)46-35/h1-9,21-23,30-32H,10-20,24-25H2,(H,45,46). The molecule has 3 fully saturated rings. The van der Waals surface area contributed by atoms with Gasteiger partial charge < -0.3 is 9.88 Å². The van der Waals surface area contributed by atoms with Crippen LogP contribution < -0.4 is 0 Å². The lowest BCUT2D eigenvalue weighted by molar-refractivity contribution is -0.143. The molecule has 3 aliphatic heterocycles. The van der Waals surface area contributed by atoms with Crippen molar-refractivity contribution in [2.45, 2.75) is 69.1 Å². The number of para-hydroxylation sites is 2. The van der Waals surface area contributed by atoms with Gasteiger partial charge in [0.15, 0.2) is 0 Å². The number of carbonyl (C=O) groups excluding carboxylic acids is 1. The van der Waals surface area contributed by atoms with E-state index in [4.69, 9.17) is 4.98 Å². The van der Waals surface area contributed by atoms with Gasteiger partial charge in [-0.2, -0.15) is 26.3 Å². The molecule has 7 rings (SSSR count). The highest BCUT2D eigenvalue weighted by Gasteiger charge is 2.40. The lowest BCUT2D eigenvalue weighted by atomic mass is 9.90. The van der Waals surface area contributed by atoms with Gasteiger partial charge in [0, 0.05) is 69.5 Å². The number of piperazine rings is 1. The summed E-state index contributed by atoms with van der Waals surface area (Å²) in [5.74, 6) is 0.185. The van der Waals surface area contributed by atoms with Crippen LogP contribution in [0.1, 0.15) is 58.6 Å². The van der Waals surface area contributed by atoms with Gasteiger partial charge in [0.05, 0.1) is 28.7 Å². The molecular formula is C38H42F6N6O. The number of fused-ring (bicyclic) bond motifs is 1. The minimum atomic E-state index is -5.03. The van der Waals surface area contributed by atoms with Gasteiger partial charge in [0.2, 0.25) is 0 Å². The van der Waals surface area contributed by atoms with E-state index in [1.54, 1.807) is 0 Å². The van der Waals surface area contributed by atoms with Crippen molar-refractivity contribution in [1.82, 2.24) is 29.6 Å². The normalized spacial score (nSPS) is 22.1. The Morgan fingerprint density at radius 3 is 1.94 bits per heavy atom. The summed E-state index contributed by atoms with van der Waals surface area (Å²) in [6.07, 6.45) is -6.23. The molecule has 13 heteroatoms. The van der Waals surface area contributed by atoms with Crippen molar-refractivity contribution in [2.24, 2.45) is 0 Å². The molecule has 4 heterocycles. The summed E-state index contributed by atoms with van der Waals surface area (Å²) in [5, 5.41) is 0. The van der Waals surface area contributed by atoms with Crippen LogP contribution in [-0.2, 0) is 25.3 Å². The molecule has 51 heavy (non-hydrogen) atoms. The molecule has 272 valence electrons. The van der Waals surface area contributed by atoms with Crippen molar-refractivity contribution in [2.75, 3.05) is 45.8 Å². The predicted octanol–water partition coefficient (Wildman–Crippen LogP) is 7.10. The third-order valence-electron chi connectivity index (χ3n) is 10.8. The maximum Gasteiger partial charge on any atom is 0.416 e. The van der Waals surface area contributed by atoms with E-state index < -0.39 is 35.0 Å². The number of H-pyrrole nitrogens is 1. The number of carbonyl (C=O) groups is 1. The number of piperidine rings is 2. The Morgan fingerprint density at radius 1 is 0.725 bits per heavy atom. The quantitative estimate of drug-likeness (QED) is 0.208. The number of benzene rings is 3. The monoisotopic (exact) mass is 712 g/mol. The lowest BCUT2D eigenvalue weighted by Gasteiger charge is -2.48. The van der Waals surface area contributed by atoms with Crippen LogP contribution in [0.15, 0.2) is 72.8 Å². The number of hydrogen-bond donors (Lipinski definition) is 1. The Balaban J connectivity index is 0.979. The first-order valence-electron chi connectivity index (χ1n) is 17.7. The maximum absolute atomic E-state index is 13.8. The van der Waals surface area contributed by atoms with Gasteiger partial charge in [-0.25, -0.2) is 4.98 Å². The minimum Gasteiger partial charge on any atom is -0.341 e. The number of amides is 1.